The Balaban J connectivity index is 1.59. The molecule has 1 saturated heterocycles. The number of halogens is 1. The van der Waals surface area contributed by atoms with E-state index in [4.69, 9.17) is 18.9 Å². The molecule has 0 aromatic heterocycles. The minimum Gasteiger partial charge on any atom is -0.497 e. The van der Waals surface area contributed by atoms with E-state index >= 15 is 0 Å². The Hall–Kier alpha value is -3.53. The number of nitrogens with zero attached hydrogens (tertiary/aromatic N) is 1. The molecular formula is C31H32INO6. The van der Waals surface area contributed by atoms with Gasteiger partial charge >= 0.3 is 6.16 Å². The average molecular weight is 642 g/mol. The largest absolute Gasteiger partial charge is 0.508 e. The highest BCUT2D eigenvalue weighted by Gasteiger charge is 2.55. The summed E-state index contributed by atoms with van der Waals surface area (Å²) in [5.74, 6) is 0.759. The van der Waals surface area contributed by atoms with Crippen LogP contribution in [-0.2, 0) is 20.9 Å². The molecule has 0 radical (unpaired) electrons. The Labute approximate surface area is 242 Å². The molecule has 1 fully saturated rings. The number of rotatable bonds is 11. The first-order valence-corrected chi connectivity index (χ1v) is 14.1. The van der Waals surface area contributed by atoms with Gasteiger partial charge in [0.15, 0.2) is 0 Å². The maximum Gasteiger partial charge on any atom is 0.508 e. The maximum absolute atomic E-state index is 13.8. The van der Waals surface area contributed by atoms with E-state index in [0.29, 0.717) is 4.43 Å². The molecule has 0 spiro atoms. The number of hydrogen-bond acceptors (Lipinski definition) is 6. The number of benzene rings is 3. The topological polar surface area (TPSA) is 74.3 Å². The highest BCUT2D eigenvalue weighted by molar-refractivity contribution is 14.1. The maximum atomic E-state index is 13.8. The molecule has 7 nitrogen and oxygen atoms in total. The molecule has 204 valence electrons. The van der Waals surface area contributed by atoms with Crippen LogP contribution < -0.4 is 9.47 Å². The first kappa shape index (κ1) is 28.5. The van der Waals surface area contributed by atoms with Crippen molar-refractivity contribution in [2.75, 3.05) is 18.6 Å². The normalized spacial score (nSPS) is 17.3. The molecule has 3 aromatic carbocycles. The molecule has 0 aliphatic carbocycles. The third-order valence-corrected chi connectivity index (χ3v) is 7.88. The molecule has 0 N–H and O–H groups in total. The van der Waals surface area contributed by atoms with E-state index in [2.05, 4.69) is 29.2 Å². The minimum atomic E-state index is -0.807. The predicted octanol–water partition coefficient (Wildman–Crippen LogP) is 6.35. The van der Waals surface area contributed by atoms with Gasteiger partial charge in [-0.05, 0) is 53.5 Å². The van der Waals surface area contributed by atoms with Crippen LogP contribution in [0.2, 0.25) is 0 Å². The molecule has 1 heterocycles. The average Bonchev–Trinajstić information content (AvgIpc) is 2.97. The summed E-state index contributed by atoms with van der Waals surface area (Å²) in [6, 6.07) is 24.0. The lowest BCUT2D eigenvalue weighted by atomic mass is 9.76. The molecule has 0 unspecified atom stereocenters. The first-order valence-electron chi connectivity index (χ1n) is 12.6. The Morgan fingerprint density at radius 2 is 1.46 bits per heavy atom. The number of likely N-dealkylation sites (tertiary alicyclic amines) is 1. The van der Waals surface area contributed by atoms with Crippen molar-refractivity contribution in [3.8, 4) is 11.5 Å². The first-order chi connectivity index (χ1) is 18.9. The van der Waals surface area contributed by atoms with Crippen LogP contribution in [0.3, 0.4) is 0 Å². The molecule has 1 aliphatic rings. The van der Waals surface area contributed by atoms with E-state index < -0.39 is 18.2 Å². The lowest BCUT2D eigenvalue weighted by Crippen LogP contribution is -2.66. The van der Waals surface area contributed by atoms with Gasteiger partial charge in [-0.25, -0.2) is 4.79 Å². The number of ether oxygens (including phenoxy) is 4. The number of carbonyl (C=O) groups is 2. The summed E-state index contributed by atoms with van der Waals surface area (Å²) in [4.78, 5) is 28.2. The van der Waals surface area contributed by atoms with Crippen molar-refractivity contribution in [3.63, 3.8) is 0 Å². The second kappa shape index (κ2) is 13.0. The fraction of sp³-hybridized carbons (Fsp3) is 0.290. The zero-order valence-electron chi connectivity index (χ0n) is 22.2. The second-order valence-electron chi connectivity index (χ2n) is 9.30. The number of carbonyl (C=O) groups excluding carboxylic acids is 2. The molecule has 3 atom stereocenters. The lowest BCUT2D eigenvalue weighted by molar-refractivity contribution is -0.165. The van der Waals surface area contributed by atoms with Crippen molar-refractivity contribution in [1.82, 2.24) is 4.90 Å². The van der Waals surface area contributed by atoms with E-state index in [1.54, 1.807) is 21.1 Å². The molecule has 0 bridgehead atoms. The molecule has 8 heteroatoms. The van der Waals surface area contributed by atoms with Crippen molar-refractivity contribution >= 4 is 34.7 Å². The van der Waals surface area contributed by atoms with E-state index in [0.717, 1.165) is 33.8 Å². The monoisotopic (exact) mass is 641 g/mol. The zero-order valence-corrected chi connectivity index (χ0v) is 24.4. The summed E-state index contributed by atoms with van der Waals surface area (Å²) in [6.07, 6.45) is -1.51. The fourth-order valence-corrected chi connectivity index (χ4v) is 5.32. The third kappa shape index (κ3) is 6.38. The van der Waals surface area contributed by atoms with Gasteiger partial charge in [0.1, 0.15) is 24.2 Å². The number of β-lactam (4-membered cyclic amide) rings is 1. The molecule has 0 saturated carbocycles. The van der Waals surface area contributed by atoms with Crippen LogP contribution in [0.4, 0.5) is 4.79 Å². The van der Waals surface area contributed by atoms with Gasteiger partial charge in [-0.3, -0.25) is 4.79 Å². The highest BCUT2D eigenvalue weighted by atomic mass is 127. The van der Waals surface area contributed by atoms with Crippen molar-refractivity contribution in [2.45, 2.75) is 31.7 Å². The van der Waals surface area contributed by atoms with Crippen LogP contribution in [0.25, 0.3) is 0 Å². The van der Waals surface area contributed by atoms with E-state index in [-0.39, 0.29) is 24.6 Å². The number of amides is 1. The Morgan fingerprint density at radius 1 is 0.923 bits per heavy atom. The molecule has 39 heavy (non-hydrogen) atoms. The predicted molar refractivity (Wildman–Crippen MR) is 157 cm³/mol. The van der Waals surface area contributed by atoms with E-state index in [9.17, 15) is 9.59 Å². The van der Waals surface area contributed by atoms with Crippen LogP contribution in [0.5, 0.6) is 11.5 Å². The summed E-state index contributed by atoms with van der Waals surface area (Å²) in [5.41, 5.74) is 3.58. The van der Waals surface area contributed by atoms with Gasteiger partial charge in [-0.15, -0.1) is 0 Å². The Kier molecular flexibility index (Phi) is 9.50. The summed E-state index contributed by atoms with van der Waals surface area (Å²) >= 11 is 2.25. The molecule has 3 aromatic rings. The summed E-state index contributed by atoms with van der Waals surface area (Å²) in [7, 11) is 3.23. The van der Waals surface area contributed by atoms with Gasteiger partial charge in [0.25, 0.3) is 0 Å². The SMILES string of the molecule is C=C(CI)[C@@H]1[C@@H]([C@@H](C)OC(=O)OCc2ccccc2)C(=O)N1C(c1ccc(OC)cc1)c1ccc(OC)cc1. The molecular weight excluding hydrogens is 609 g/mol. The van der Waals surface area contributed by atoms with Crippen LogP contribution in [0.15, 0.2) is 91.0 Å². The lowest BCUT2D eigenvalue weighted by Gasteiger charge is -2.53. The van der Waals surface area contributed by atoms with Crippen molar-refractivity contribution in [3.05, 3.63) is 108 Å². The van der Waals surface area contributed by atoms with Gasteiger partial charge in [0, 0.05) is 4.43 Å². The minimum absolute atomic E-state index is 0.0953. The Bertz CT molecular complexity index is 1230. The van der Waals surface area contributed by atoms with Gasteiger partial charge in [0.05, 0.1) is 32.2 Å². The molecule has 4 rings (SSSR count). The van der Waals surface area contributed by atoms with Gasteiger partial charge in [-0.2, -0.15) is 0 Å². The van der Waals surface area contributed by atoms with Crippen LogP contribution in [0, 0.1) is 5.92 Å². The fourth-order valence-electron chi connectivity index (χ4n) is 4.87. The van der Waals surface area contributed by atoms with Crippen molar-refractivity contribution in [1.29, 1.82) is 0 Å². The van der Waals surface area contributed by atoms with Crippen LogP contribution in [-0.4, -0.2) is 47.8 Å². The van der Waals surface area contributed by atoms with Crippen molar-refractivity contribution in [2.24, 2.45) is 5.92 Å². The number of hydrogen-bond donors (Lipinski definition) is 0. The van der Waals surface area contributed by atoms with Gasteiger partial charge in [0.2, 0.25) is 5.91 Å². The summed E-state index contributed by atoms with van der Waals surface area (Å²) in [6.45, 7) is 6.10. The molecule has 1 amide bonds. The number of methoxy groups -OCH3 is 2. The van der Waals surface area contributed by atoms with Crippen LogP contribution >= 0.6 is 22.6 Å². The number of alkyl halides is 1. The standard InChI is InChI=1S/C31H32INO6/c1-20(18-32)28-27(21(2)39-31(35)38-19-22-8-6-5-7-9-22)30(34)33(28)29(23-10-14-25(36-3)15-11-23)24-12-16-26(37-4)17-13-24/h5-17,21,27-29H,1,18-19H2,2-4H3/t21-,27-,28-/m1/s1. The zero-order chi connectivity index (χ0) is 27.9. The Morgan fingerprint density at radius 3 is 1.95 bits per heavy atom. The van der Waals surface area contributed by atoms with E-state index in [1.807, 2.05) is 83.8 Å². The van der Waals surface area contributed by atoms with Gasteiger partial charge in [-0.1, -0.05) is 83.8 Å². The second-order valence-corrected chi connectivity index (χ2v) is 10.1. The molecule has 1 aliphatic heterocycles. The van der Waals surface area contributed by atoms with Gasteiger partial charge < -0.3 is 23.8 Å². The van der Waals surface area contributed by atoms with Crippen LogP contribution in [0.1, 0.15) is 29.7 Å². The highest BCUT2D eigenvalue weighted by Crippen LogP contribution is 2.45. The van der Waals surface area contributed by atoms with Crippen molar-refractivity contribution < 1.29 is 28.5 Å². The smallest absolute Gasteiger partial charge is 0.497 e. The third-order valence-electron chi connectivity index (χ3n) is 6.90. The summed E-state index contributed by atoms with van der Waals surface area (Å²) in [5, 5.41) is 0. The summed E-state index contributed by atoms with van der Waals surface area (Å²) < 4.78 is 22.2. The quantitative estimate of drug-likeness (QED) is 0.0799. The van der Waals surface area contributed by atoms with E-state index in [1.165, 1.54) is 0 Å².